The summed E-state index contributed by atoms with van der Waals surface area (Å²) in [6.07, 6.45) is 3.09. The Morgan fingerprint density at radius 2 is 2.27 bits per heavy atom. The van der Waals surface area contributed by atoms with E-state index in [9.17, 15) is 4.79 Å². The van der Waals surface area contributed by atoms with Gasteiger partial charge in [0.2, 0.25) is 0 Å². The van der Waals surface area contributed by atoms with E-state index in [1.54, 1.807) is 6.20 Å². The van der Waals surface area contributed by atoms with E-state index < -0.39 is 0 Å². The smallest absolute Gasteiger partial charge is 0.125 e. The van der Waals surface area contributed by atoms with Crippen LogP contribution in [0.5, 0.6) is 0 Å². The van der Waals surface area contributed by atoms with Crippen LogP contribution in [0.25, 0.3) is 0 Å². The summed E-state index contributed by atoms with van der Waals surface area (Å²) in [6.45, 7) is 3.96. The highest BCUT2D eigenvalue weighted by Crippen LogP contribution is 2.06. The fourth-order valence-corrected chi connectivity index (χ4v) is 1.04. The molecule has 0 aliphatic carbocycles. The molecule has 0 spiro atoms. The van der Waals surface area contributed by atoms with Crippen molar-refractivity contribution >= 4 is 6.29 Å². The van der Waals surface area contributed by atoms with Gasteiger partial charge in [-0.05, 0) is 25.0 Å². The molecular weight excluding hydrogens is 138 g/mol. The molecule has 0 N–H and O–H groups in total. The van der Waals surface area contributed by atoms with E-state index in [1.165, 1.54) is 0 Å². The molecule has 0 saturated heterocycles. The summed E-state index contributed by atoms with van der Waals surface area (Å²) in [6, 6.07) is 2.03. The van der Waals surface area contributed by atoms with Gasteiger partial charge < -0.3 is 4.79 Å². The number of carbonyl (C=O) groups excluding carboxylic acids is 1. The van der Waals surface area contributed by atoms with Crippen molar-refractivity contribution in [2.75, 3.05) is 0 Å². The van der Waals surface area contributed by atoms with Gasteiger partial charge in [0, 0.05) is 12.6 Å². The lowest BCUT2D eigenvalue weighted by Gasteiger charge is -2.00. The number of aldehydes is 1. The van der Waals surface area contributed by atoms with Crippen molar-refractivity contribution in [2.24, 2.45) is 0 Å². The first-order valence-electron chi connectivity index (χ1n) is 3.60. The Morgan fingerprint density at radius 3 is 2.82 bits per heavy atom. The van der Waals surface area contributed by atoms with Crippen LogP contribution in [0.4, 0.5) is 0 Å². The highest BCUT2D eigenvalue weighted by Gasteiger charge is 1.97. The first kappa shape index (κ1) is 7.92. The number of hydrogen-bond donors (Lipinski definition) is 0. The average Bonchev–Trinajstić information content (AvgIpc) is 1.95. The summed E-state index contributed by atoms with van der Waals surface area (Å²) in [4.78, 5) is 14.3. The van der Waals surface area contributed by atoms with Crippen LogP contribution in [0.15, 0.2) is 12.3 Å². The maximum Gasteiger partial charge on any atom is 0.125 e. The molecule has 2 heteroatoms. The zero-order chi connectivity index (χ0) is 8.27. The lowest BCUT2D eigenvalue weighted by atomic mass is 10.1. The average molecular weight is 149 g/mol. The second-order valence-corrected chi connectivity index (χ2v) is 2.65. The van der Waals surface area contributed by atoms with Crippen molar-refractivity contribution in [2.45, 2.75) is 20.3 Å². The Labute approximate surface area is 66.3 Å². The molecule has 1 rings (SSSR count). The Morgan fingerprint density at radius 1 is 1.55 bits per heavy atom. The molecule has 0 aliphatic heterocycles. The summed E-state index contributed by atoms with van der Waals surface area (Å²) >= 11 is 0. The van der Waals surface area contributed by atoms with Gasteiger partial charge in [0.25, 0.3) is 0 Å². The molecule has 0 atom stereocenters. The molecule has 0 bridgehead atoms. The third-order valence-corrected chi connectivity index (χ3v) is 1.60. The molecule has 1 aromatic heterocycles. The summed E-state index contributed by atoms with van der Waals surface area (Å²) in [5, 5.41) is 0. The molecule has 58 valence electrons. The van der Waals surface area contributed by atoms with Crippen LogP contribution >= 0.6 is 0 Å². The molecule has 0 aliphatic rings. The number of nitrogens with zero attached hydrogens (tertiary/aromatic N) is 1. The van der Waals surface area contributed by atoms with E-state index in [0.29, 0.717) is 6.42 Å². The van der Waals surface area contributed by atoms with Crippen molar-refractivity contribution in [1.29, 1.82) is 0 Å². The lowest BCUT2D eigenvalue weighted by molar-refractivity contribution is -0.107. The number of pyridine rings is 1. The maximum absolute atomic E-state index is 10.2. The fourth-order valence-electron chi connectivity index (χ4n) is 1.04. The number of carbonyl (C=O) groups is 1. The van der Waals surface area contributed by atoms with E-state index in [0.717, 1.165) is 23.1 Å². The van der Waals surface area contributed by atoms with Gasteiger partial charge in [0.05, 0.1) is 5.69 Å². The van der Waals surface area contributed by atoms with Crippen molar-refractivity contribution in [3.05, 3.63) is 29.1 Å². The van der Waals surface area contributed by atoms with Crippen LogP contribution in [-0.2, 0) is 11.2 Å². The number of rotatable bonds is 2. The molecule has 0 unspecified atom stereocenters. The molecule has 0 aromatic carbocycles. The molecule has 1 heterocycles. The minimum absolute atomic E-state index is 0.423. The van der Waals surface area contributed by atoms with E-state index in [2.05, 4.69) is 4.98 Å². The van der Waals surface area contributed by atoms with Gasteiger partial charge in [0.1, 0.15) is 6.29 Å². The molecule has 0 saturated carbocycles. The first-order valence-corrected chi connectivity index (χ1v) is 3.60. The summed E-state index contributed by atoms with van der Waals surface area (Å²) in [5.74, 6) is 0. The quantitative estimate of drug-likeness (QED) is 0.595. The molecule has 0 radical (unpaired) electrons. The van der Waals surface area contributed by atoms with Gasteiger partial charge in [-0.1, -0.05) is 6.07 Å². The predicted molar refractivity (Wildman–Crippen MR) is 43.5 cm³/mol. The number of hydrogen-bond acceptors (Lipinski definition) is 2. The van der Waals surface area contributed by atoms with Gasteiger partial charge >= 0.3 is 0 Å². The highest BCUT2D eigenvalue weighted by atomic mass is 16.1. The minimum Gasteiger partial charge on any atom is -0.303 e. The van der Waals surface area contributed by atoms with Crippen LogP contribution < -0.4 is 0 Å². The van der Waals surface area contributed by atoms with Crippen molar-refractivity contribution in [3.8, 4) is 0 Å². The van der Waals surface area contributed by atoms with E-state index in [1.807, 2.05) is 19.9 Å². The third kappa shape index (κ3) is 1.87. The van der Waals surface area contributed by atoms with Crippen LogP contribution in [-0.4, -0.2) is 11.3 Å². The zero-order valence-electron chi connectivity index (χ0n) is 6.79. The molecule has 11 heavy (non-hydrogen) atoms. The summed E-state index contributed by atoms with van der Waals surface area (Å²) in [5.41, 5.74) is 3.11. The fraction of sp³-hybridized carbons (Fsp3) is 0.333. The second kappa shape index (κ2) is 3.28. The monoisotopic (exact) mass is 149 g/mol. The Balaban J connectivity index is 2.98. The van der Waals surface area contributed by atoms with E-state index in [4.69, 9.17) is 0 Å². The SMILES string of the molecule is Cc1cnc(CC=O)c(C)c1. The van der Waals surface area contributed by atoms with Gasteiger partial charge in [-0.3, -0.25) is 4.98 Å². The van der Waals surface area contributed by atoms with Gasteiger partial charge in [-0.15, -0.1) is 0 Å². The molecule has 0 fully saturated rings. The second-order valence-electron chi connectivity index (χ2n) is 2.65. The minimum atomic E-state index is 0.423. The van der Waals surface area contributed by atoms with E-state index >= 15 is 0 Å². The molecular formula is C9H11NO. The largest absolute Gasteiger partial charge is 0.303 e. The normalized spacial score (nSPS) is 9.64. The van der Waals surface area contributed by atoms with Gasteiger partial charge in [-0.2, -0.15) is 0 Å². The zero-order valence-corrected chi connectivity index (χ0v) is 6.79. The molecule has 0 amide bonds. The standard InChI is InChI=1S/C9H11NO/c1-7-5-8(2)9(3-4-11)10-6-7/h4-6H,3H2,1-2H3. The van der Waals surface area contributed by atoms with Crippen LogP contribution in [0.1, 0.15) is 16.8 Å². The predicted octanol–water partition coefficient (Wildman–Crippen LogP) is 1.44. The van der Waals surface area contributed by atoms with Crippen LogP contribution in [0, 0.1) is 13.8 Å². The van der Waals surface area contributed by atoms with Crippen molar-refractivity contribution in [1.82, 2.24) is 4.98 Å². The topological polar surface area (TPSA) is 30.0 Å². The summed E-state index contributed by atoms with van der Waals surface area (Å²) < 4.78 is 0. The van der Waals surface area contributed by atoms with Gasteiger partial charge in [0.15, 0.2) is 0 Å². The third-order valence-electron chi connectivity index (χ3n) is 1.60. The lowest BCUT2D eigenvalue weighted by Crippen LogP contribution is -1.95. The van der Waals surface area contributed by atoms with Crippen molar-refractivity contribution in [3.63, 3.8) is 0 Å². The first-order chi connectivity index (χ1) is 5.24. The van der Waals surface area contributed by atoms with E-state index in [-0.39, 0.29) is 0 Å². The Kier molecular flexibility index (Phi) is 2.36. The van der Waals surface area contributed by atoms with Crippen molar-refractivity contribution < 1.29 is 4.79 Å². The Hall–Kier alpha value is -1.18. The number of aromatic nitrogens is 1. The highest BCUT2D eigenvalue weighted by molar-refractivity contribution is 5.54. The number of aryl methyl sites for hydroxylation is 2. The summed E-state index contributed by atoms with van der Waals surface area (Å²) in [7, 11) is 0. The molecule has 1 aromatic rings. The van der Waals surface area contributed by atoms with Crippen LogP contribution in [0.3, 0.4) is 0 Å². The van der Waals surface area contributed by atoms with Crippen LogP contribution in [0.2, 0.25) is 0 Å². The van der Waals surface area contributed by atoms with Gasteiger partial charge in [-0.25, -0.2) is 0 Å². The Bertz CT molecular complexity index is 268. The molecule has 2 nitrogen and oxygen atoms in total. The maximum atomic E-state index is 10.2.